The van der Waals surface area contributed by atoms with Crippen LogP contribution in [0.25, 0.3) is 109 Å². The average molecular weight is 683 g/mol. The molecular weight excluding hydrogens is 649 g/mol. The van der Waals surface area contributed by atoms with Gasteiger partial charge in [0.1, 0.15) is 0 Å². The number of benzene rings is 11. The molecule has 0 aliphatic rings. The summed E-state index contributed by atoms with van der Waals surface area (Å²) < 4.78 is 0. The summed E-state index contributed by atoms with van der Waals surface area (Å²) >= 11 is 0. The van der Waals surface area contributed by atoms with E-state index in [1.807, 2.05) is 0 Å². The fourth-order valence-electron chi connectivity index (χ4n) is 8.88. The van der Waals surface area contributed by atoms with Gasteiger partial charge in [-0.3, -0.25) is 0 Å². The number of hydrogen-bond donors (Lipinski definition) is 0. The van der Waals surface area contributed by atoms with E-state index in [1.54, 1.807) is 0 Å². The molecule has 0 heteroatoms. The Morgan fingerprint density at radius 1 is 0.185 bits per heavy atom. The summed E-state index contributed by atoms with van der Waals surface area (Å²) in [5.74, 6) is 0. The molecule has 250 valence electrons. The summed E-state index contributed by atoms with van der Waals surface area (Å²) in [6, 6.07) is 76.3. The van der Waals surface area contributed by atoms with Crippen LogP contribution < -0.4 is 0 Å². The molecule has 0 amide bonds. The van der Waals surface area contributed by atoms with Gasteiger partial charge in [0.05, 0.1) is 0 Å². The highest BCUT2D eigenvalue weighted by Gasteiger charge is 2.21. The molecule has 54 heavy (non-hydrogen) atoms. The lowest BCUT2D eigenvalue weighted by Crippen LogP contribution is -1.94. The van der Waals surface area contributed by atoms with Crippen LogP contribution in [0.1, 0.15) is 0 Å². The molecule has 0 fully saturated rings. The Morgan fingerprint density at radius 3 is 1.33 bits per heavy atom. The standard InChI is InChI=1S/C54H34/c1-3-15-37-31-39(27-25-35(37)13-1)40-29-30-50-52(33-40)53(47-22-10-7-19-44(47)42-28-26-36-14-2-4-16-38(36)32-42)48-23-11-12-24-49(48)54(50)51-34-41-17-5-6-18-43(41)45-20-8-9-21-46(45)51/h1-34H. The molecule has 11 rings (SSSR count). The number of hydrogen-bond acceptors (Lipinski definition) is 0. The van der Waals surface area contributed by atoms with Gasteiger partial charge in [0.15, 0.2) is 0 Å². The lowest BCUT2D eigenvalue weighted by Gasteiger charge is -2.22. The van der Waals surface area contributed by atoms with Crippen LogP contribution in [0, 0.1) is 0 Å². The molecule has 0 saturated heterocycles. The fraction of sp³-hybridized carbons (Fsp3) is 0. The van der Waals surface area contributed by atoms with Crippen LogP contribution >= 0.6 is 0 Å². The van der Waals surface area contributed by atoms with Gasteiger partial charge in [0.25, 0.3) is 0 Å². The maximum Gasteiger partial charge on any atom is -0.00199 e. The SMILES string of the molecule is c1ccc(-c2c3ccccc3c(-c3cc4ccccc4c4ccccc34)c3ccc(-c4ccc5ccccc5c4)cc23)c(-c2ccc3ccccc3c2)c1. The Balaban J connectivity index is 1.28. The Hall–Kier alpha value is -7.02. The molecule has 0 unspecified atom stereocenters. The number of rotatable bonds is 4. The molecule has 0 saturated carbocycles. The minimum atomic E-state index is 1.21. The molecule has 0 bridgehead atoms. The van der Waals surface area contributed by atoms with Gasteiger partial charge in [0, 0.05) is 0 Å². The van der Waals surface area contributed by atoms with Crippen LogP contribution in [-0.2, 0) is 0 Å². The molecule has 11 aromatic carbocycles. The normalized spacial score (nSPS) is 11.7. The van der Waals surface area contributed by atoms with E-state index in [-0.39, 0.29) is 0 Å². The molecule has 0 aromatic heterocycles. The van der Waals surface area contributed by atoms with Crippen molar-refractivity contribution in [3.05, 3.63) is 206 Å². The van der Waals surface area contributed by atoms with Gasteiger partial charge >= 0.3 is 0 Å². The van der Waals surface area contributed by atoms with Crippen LogP contribution in [0.5, 0.6) is 0 Å². The lowest BCUT2D eigenvalue weighted by atomic mass is 9.81. The highest BCUT2D eigenvalue weighted by molar-refractivity contribution is 6.26. The molecule has 0 aliphatic carbocycles. The monoisotopic (exact) mass is 682 g/mol. The van der Waals surface area contributed by atoms with E-state index in [0.29, 0.717) is 0 Å². The highest BCUT2D eigenvalue weighted by atomic mass is 14.2. The van der Waals surface area contributed by atoms with Crippen molar-refractivity contribution in [2.75, 3.05) is 0 Å². The Kier molecular flexibility index (Phi) is 6.97. The molecule has 0 N–H and O–H groups in total. The third kappa shape index (κ3) is 4.85. The van der Waals surface area contributed by atoms with Gasteiger partial charge in [-0.25, -0.2) is 0 Å². The Labute approximate surface area is 314 Å². The van der Waals surface area contributed by atoms with Crippen molar-refractivity contribution in [2.45, 2.75) is 0 Å². The van der Waals surface area contributed by atoms with E-state index in [1.165, 1.54) is 109 Å². The molecule has 0 atom stereocenters. The third-order valence-corrected chi connectivity index (χ3v) is 11.4. The van der Waals surface area contributed by atoms with E-state index in [2.05, 4.69) is 206 Å². The van der Waals surface area contributed by atoms with Gasteiger partial charge in [-0.15, -0.1) is 0 Å². The van der Waals surface area contributed by atoms with E-state index in [4.69, 9.17) is 0 Å². The molecule has 11 aromatic rings. The van der Waals surface area contributed by atoms with Crippen molar-refractivity contribution < 1.29 is 0 Å². The average Bonchev–Trinajstić information content (AvgIpc) is 3.25. The van der Waals surface area contributed by atoms with Crippen molar-refractivity contribution in [1.29, 1.82) is 0 Å². The second kappa shape index (κ2) is 12.3. The summed E-state index contributed by atoms with van der Waals surface area (Å²) in [5, 5.41) is 15.1. The topological polar surface area (TPSA) is 0 Å². The summed E-state index contributed by atoms with van der Waals surface area (Å²) in [4.78, 5) is 0. The zero-order valence-corrected chi connectivity index (χ0v) is 29.6. The molecule has 0 heterocycles. The van der Waals surface area contributed by atoms with Crippen LogP contribution in [0.3, 0.4) is 0 Å². The van der Waals surface area contributed by atoms with Crippen molar-refractivity contribution in [1.82, 2.24) is 0 Å². The molecule has 0 spiro atoms. The molecule has 0 aliphatic heterocycles. The zero-order chi connectivity index (χ0) is 35.6. The van der Waals surface area contributed by atoms with Crippen LogP contribution in [0.2, 0.25) is 0 Å². The van der Waals surface area contributed by atoms with Crippen LogP contribution in [0.4, 0.5) is 0 Å². The van der Waals surface area contributed by atoms with Gasteiger partial charge in [-0.05, 0) is 133 Å². The zero-order valence-electron chi connectivity index (χ0n) is 29.6. The first-order valence-corrected chi connectivity index (χ1v) is 18.8. The second-order valence-electron chi connectivity index (χ2n) is 14.4. The summed E-state index contributed by atoms with van der Waals surface area (Å²) in [6.07, 6.45) is 0. The largest absolute Gasteiger partial charge is 0.0616 e. The lowest BCUT2D eigenvalue weighted by molar-refractivity contribution is 1.62. The fourth-order valence-corrected chi connectivity index (χ4v) is 8.88. The van der Waals surface area contributed by atoms with Gasteiger partial charge < -0.3 is 0 Å². The molecular formula is C54H34. The first-order chi connectivity index (χ1) is 26.8. The quantitative estimate of drug-likeness (QED) is 0.128. The first kappa shape index (κ1) is 30.6. The Bertz CT molecular complexity index is 3270. The minimum Gasteiger partial charge on any atom is -0.0616 e. The van der Waals surface area contributed by atoms with Crippen LogP contribution in [0.15, 0.2) is 206 Å². The number of fused-ring (bicyclic) bond motifs is 7. The van der Waals surface area contributed by atoms with Gasteiger partial charge in [-0.1, -0.05) is 182 Å². The Morgan fingerprint density at radius 2 is 0.630 bits per heavy atom. The van der Waals surface area contributed by atoms with Gasteiger partial charge in [0.2, 0.25) is 0 Å². The van der Waals surface area contributed by atoms with Gasteiger partial charge in [-0.2, -0.15) is 0 Å². The summed E-state index contributed by atoms with van der Waals surface area (Å²) in [7, 11) is 0. The summed E-state index contributed by atoms with van der Waals surface area (Å²) in [5.41, 5.74) is 9.92. The predicted molar refractivity (Wildman–Crippen MR) is 233 cm³/mol. The predicted octanol–water partition coefficient (Wildman–Crippen LogP) is 15.3. The third-order valence-electron chi connectivity index (χ3n) is 11.4. The van der Waals surface area contributed by atoms with Crippen molar-refractivity contribution in [3.8, 4) is 44.5 Å². The van der Waals surface area contributed by atoms with Crippen molar-refractivity contribution in [2.24, 2.45) is 0 Å². The van der Waals surface area contributed by atoms with Crippen LogP contribution in [-0.4, -0.2) is 0 Å². The molecule has 0 radical (unpaired) electrons. The van der Waals surface area contributed by atoms with Crippen molar-refractivity contribution in [3.63, 3.8) is 0 Å². The summed E-state index contributed by atoms with van der Waals surface area (Å²) in [6.45, 7) is 0. The maximum absolute atomic E-state index is 2.45. The van der Waals surface area contributed by atoms with E-state index in [0.717, 1.165) is 0 Å². The smallest absolute Gasteiger partial charge is 0.00199 e. The molecule has 0 nitrogen and oxygen atoms in total. The van der Waals surface area contributed by atoms with E-state index in [9.17, 15) is 0 Å². The van der Waals surface area contributed by atoms with Crippen molar-refractivity contribution >= 4 is 64.6 Å². The van der Waals surface area contributed by atoms with E-state index >= 15 is 0 Å². The second-order valence-corrected chi connectivity index (χ2v) is 14.4. The highest BCUT2D eigenvalue weighted by Crippen LogP contribution is 2.49. The minimum absolute atomic E-state index is 1.21. The first-order valence-electron chi connectivity index (χ1n) is 18.8. The maximum atomic E-state index is 2.45. The van der Waals surface area contributed by atoms with E-state index < -0.39 is 0 Å².